The number of Topliss-reactive ketones (excluding diaryl/α,β-unsaturated/α-hetero) is 1. The Balaban J connectivity index is 1.48. The summed E-state index contributed by atoms with van der Waals surface area (Å²) < 4.78 is 41.2. The smallest absolute Gasteiger partial charge is 0.356 e. The van der Waals surface area contributed by atoms with Crippen LogP contribution in [0.15, 0.2) is 24.3 Å². The molecule has 0 bridgehead atoms. The lowest BCUT2D eigenvalue weighted by Crippen LogP contribution is -2.53. The van der Waals surface area contributed by atoms with Gasteiger partial charge in [0, 0.05) is 19.0 Å². The van der Waals surface area contributed by atoms with Gasteiger partial charge < -0.3 is 20.9 Å². The minimum atomic E-state index is -5.06. The van der Waals surface area contributed by atoms with Crippen LogP contribution < -0.4 is 16.0 Å². The molecule has 1 spiro atoms. The van der Waals surface area contributed by atoms with Crippen LogP contribution in [0.5, 0.6) is 0 Å². The van der Waals surface area contributed by atoms with Crippen LogP contribution in [-0.4, -0.2) is 72.5 Å². The number of carbonyl (C=O) groups is 5. The number of likely N-dealkylation sites (tertiary alicyclic amines) is 1. The second-order valence-corrected chi connectivity index (χ2v) is 10.3. The van der Waals surface area contributed by atoms with E-state index in [0.29, 0.717) is 13.0 Å². The summed E-state index contributed by atoms with van der Waals surface area (Å²) >= 11 is 6.04. The number of nitrogens with one attached hydrogen (secondary N) is 3. The minimum absolute atomic E-state index is 0.140. The van der Waals surface area contributed by atoms with Crippen LogP contribution in [0.2, 0.25) is 5.02 Å². The molecule has 4 rings (SSSR count). The van der Waals surface area contributed by atoms with Crippen LogP contribution in [0, 0.1) is 11.3 Å². The molecular weight excluding hydrogens is 533 g/mol. The summed E-state index contributed by atoms with van der Waals surface area (Å²) in [5, 5.41) is 7.63. The fourth-order valence-electron chi connectivity index (χ4n) is 4.86. The van der Waals surface area contributed by atoms with E-state index in [4.69, 9.17) is 11.6 Å². The van der Waals surface area contributed by atoms with Crippen molar-refractivity contribution in [1.29, 1.82) is 0 Å². The molecule has 1 aromatic carbocycles. The molecule has 3 aliphatic rings. The highest BCUT2D eigenvalue weighted by molar-refractivity contribution is 6.41. The van der Waals surface area contributed by atoms with Gasteiger partial charge in [0.1, 0.15) is 12.6 Å². The van der Waals surface area contributed by atoms with Gasteiger partial charge in [0.05, 0.1) is 16.8 Å². The van der Waals surface area contributed by atoms with E-state index < -0.39 is 54.5 Å². The van der Waals surface area contributed by atoms with Gasteiger partial charge in [-0.15, -0.1) is 13.2 Å². The zero-order valence-corrected chi connectivity index (χ0v) is 20.9. The first kappa shape index (κ1) is 27.8. The van der Waals surface area contributed by atoms with Gasteiger partial charge in [0.15, 0.2) is 5.78 Å². The maximum atomic E-state index is 13.3. The number of ketones is 1. The zero-order valence-electron chi connectivity index (χ0n) is 20.1. The Morgan fingerprint density at radius 3 is 2.53 bits per heavy atom. The van der Waals surface area contributed by atoms with Gasteiger partial charge in [-0.1, -0.05) is 23.7 Å². The minimum Gasteiger partial charge on any atom is -0.356 e. The third kappa shape index (κ3) is 6.62. The second-order valence-electron chi connectivity index (χ2n) is 9.86. The highest BCUT2D eigenvalue weighted by atomic mass is 35.5. The first-order valence-corrected chi connectivity index (χ1v) is 12.4. The van der Waals surface area contributed by atoms with Crippen LogP contribution in [0.4, 0.5) is 18.9 Å². The number of anilines is 1. The predicted molar refractivity (Wildman–Crippen MR) is 127 cm³/mol. The normalized spacial score (nSPS) is 22.6. The van der Waals surface area contributed by atoms with Crippen molar-refractivity contribution in [3.05, 3.63) is 29.3 Å². The molecule has 1 aromatic rings. The molecule has 0 unspecified atom stereocenters. The number of hydrogen-bond acceptors (Lipinski definition) is 6. The van der Waals surface area contributed by atoms with Crippen molar-refractivity contribution in [2.24, 2.45) is 11.3 Å². The first-order valence-electron chi connectivity index (χ1n) is 12.1. The molecule has 10 nitrogen and oxygen atoms in total. The lowest BCUT2D eigenvalue weighted by molar-refractivity contribution is -0.321. The molecule has 2 heterocycles. The molecule has 1 aliphatic carbocycles. The number of hydrogen-bond donors (Lipinski definition) is 3. The second kappa shape index (κ2) is 10.9. The van der Waals surface area contributed by atoms with E-state index in [1.807, 2.05) is 0 Å². The lowest BCUT2D eigenvalue weighted by Gasteiger charge is -2.26. The maximum absolute atomic E-state index is 13.3. The Kier molecular flexibility index (Phi) is 7.98. The average Bonchev–Trinajstić information content (AvgIpc) is 3.32. The quantitative estimate of drug-likeness (QED) is 0.417. The van der Waals surface area contributed by atoms with Crippen molar-refractivity contribution < 1.29 is 41.9 Å². The number of ether oxygens (including phenoxy) is 1. The topological polar surface area (TPSA) is 134 Å². The number of para-hydroxylation sites is 1. The molecule has 14 heteroatoms. The van der Waals surface area contributed by atoms with Gasteiger partial charge in [-0.05, 0) is 49.7 Å². The summed E-state index contributed by atoms with van der Waals surface area (Å²) in [6, 6.07) is 3.70. The fourth-order valence-corrected chi connectivity index (χ4v) is 5.04. The predicted octanol–water partition coefficient (Wildman–Crippen LogP) is 1.78. The van der Waals surface area contributed by atoms with Crippen LogP contribution in [0.1, 0.15) is 32.1 Å². The summed E-state index contributed by atoms with van der Waals surface area (Å²) in [4.78, 5) is 64.8. The Hall–Kier alpha value is -3.19. The van der Waals surface area contributed by atoms with E-state index in [1.165, 1.54) is 12.1 Å². The molecule has 38 heavy (non-hydrogen) atoms. The molecule has 2 saturated heterocycles. The van der Waals surface area contributed by atoms with Crippen molar-refractivity contribution >= 4 is 46.7 Å². The summed E-state index contributed by atoms with van der Waals surface area (Å²) in [5.41, 5.74) is -0.133. The van der Waals surface area contributed by atoms with E-state index in [0.717, 1.165) is 17.7 Å². The molecule has 1 saturated carbocycles. The number of amides is 4. The Morgan fingerprint density at radius 1 is 1.21 bits per heavy atom. The van der Waals surface area contributed by atoms with Gasteiger partial charge in [0.25, 0.3) is 0 Å². The molecular formula is C24H26ClF3N4O6. The van der Waals surface area contributed by atoms with Crippen LogP contribution in [-0.2, 0) is 28.7 Å². The van der Waals surface area contributed by atoms with E-state index >= 15 is 0 Å². The Bertz CT molecular complexity index is 1140. The Labute approximate surface area is 220 Å². The largest absolute Gasteiger partial charge is 0.522 e. The van der Waals surface area contributed by atoms with Gasteiger partial charge in [-0.2, -0.15) is 0 Å². The Morgan fingerprint density at radius 2 is 1.92 bits per heavy atom. The molecule has 3 atom stereocenters. The van der Waals surface area contributed by atoms with Crippen LogP contribution in [0.25, 0.3) is 0 Å². The zero-order chi connectivity index (χ0) is 27.7. The highest BCUT2D eigenvalue weighted by Crippen LogP contribution is 2.54. The third-order valence-electron chi connectivity index (χ3n) is 7.11. The number of nitrogens with zero attached hydrogens (tertiary/aromatic N) is 1. The van der Waals surface area contributed by atoms with Crippen LogP contribution >= 0.6 is 11.6 Å². The number of rotatable bonds is 8. The van der Waals surface area contributed by atoms with E-state index in [2.05, 4.69) is 20.7 Å². The van der Waals surface area contributed by atoms with Crippen molar-refractivity contribution in [2.45, 2.75) is 50.6 Å². The maximum Gasteiger partial charge on any atom is 0.522 e. The van der Waals surface area contributed by atoms with Crippen molar-refractivity contribution in [1.82, 2.24) is 15.5 Å². The third-order valence-corrected chi connectivity index (χ3v) is 7.44. The monoisotopic (exact) mass is 558 g/mol. The van der Waals surface area contributed by atoms with E-state index in [1.54, 1.807) is 12.1 Å². The molecule has 4 amide bonds. The summed E-state index contributed by atoms with van der Waals surface area (Å²) in [5.74, 6) is -4.91. The SMILES string of the molecule is O=C(Nc1ccccc1Cl)C(=O)N1CC2(CC2)C[C@H]1C(=O)N[C@@H](C[C@@H]1CCNC1=O)C(=O)COC(F)(F)F. The van der Waals surface area contributed by atoms with Crippen molar-refractivity contribution in [3.63, 3.8) is 0 Å². The average molecular weight is 559 g/mol. The lowest BCUT2D eigenvalue weighted by atomic mass is 9.95. The molecule has 3 N–H and O–H groups in total. The first-order chi connectivity index (χ1) is 17.9. The molecule has 0 aromatic heterocycles. The molecule has 2 aliphatic heterocycles. The van der Waals surface area contributed by atoms with Crippen LogP contribution in [0.3, 0.4) is 0 Å². The van der Waals surface area contributed by atoms with Gasteiger partial charge >= 0.3 is 18.2 Å². The molecule has 3 fully saturated rings. The highest BCUT2D eigenvalue weighted by Gasteiger charge is 2.56. The summed E-state index contributed by atoms with van der Waals surface area (Å²) in [6.07, 6.45) is -3.24. The molecule has 0 radical (unpaired) electrons. The van der Waals surface area contributed by atoms with Crippen molar-refractivity contribution in [2.75, 3.05) is 25.0 Å². The number of alkyl halides is 3. The summed E-state index contributed by atoms with van der Waals surface area (Å²) in [6.45, 7) is -0.869. The number of benzene rings is 1. The van der Waals surface area contributed by atoms with Gasteiger partial charge in [-0.3, -0.25) is 28.7 Å². The fraction of sp³-hybridized carbons (Fsp3) is 0.542. The van der Waals surface area contributed by atoms with E-state index in [-0.39, 0.29) is 41.4 Å². The standard InChI is InChI=1S/C24H26ClF3N4O6/c25-14-3-1-2-4-15(14)30-21(36)22(37)32-12-23(6-7-23)10-17(32)20(35)31-16(9-13-5-8-29-19(13)34)18(33)11-38-24(26,27)28/h1-4,13,16-17H,5-12H2,(H,29,34)(H,30,36)(H,31,35)/t13-,16-,17-/m0/s1. The van der Waals surface area contributed by atoms with Gasteiger partial charge in [0.2, 0.25) is 11.8 Å². The number of carbonyl (C=O) groups excluding carboxylic acids is 5. The number of halogens is 4. The van der Waals surface area contributed by atoms with E-state index in [9.17, 15) is 37.1 Å². The molecule has 206 valence electrons. The summed E-state index contributed by atoms with van der Waals surface area (Å²) in [7, 11) is 0. The van der Waals surface area contributed by atoms with Gasteiger partial charge in [-0.25, -0.2) is 0 Å². The van der Waals surface area contributed by atoms with Crippen molar-refractivity contribution in [3.8, 4) is 0 Å².